The molecule has 6 nitrogen and oxygen atoms in total. The van der Waals surface area contributed by atoms with Crippen LogP contribution < -0.4 is 10.6 Å². The Bertz CT molecular complexity index is 267. The van der Waals surface area contributed by atoms with Gasteiger partial charge in [0.05, 0.1) is 25.9 Å². The second-order valence-electron chi connectivity index (χ2n) is 4.60. The second kappa shape index (κ2) is 12.6. The topological polar surface area (TPSA) is 58.1 Å². The van der Waals surface area contributed by atoms with Gasteiger partial charge in [0, 0.05) is 32.8 Å². The van der Waals surface area contributed by atoms with Crippen molar-refractivity contribution in [2.45, 2.75) is 20.0 Å². The number of nitrogens with one attached hydrogen (secondary N) is 2. The molecule has 1 saturated heterocycles. The van der Waals surface area contributed by atoms with Crippen LogP contribution in [0.25, 0.3) is 0 Å². The number of hydrogen-bond donors (Lipinski definition) is 2. The second-order valence-corrected chi connectivity index (χ2v) is 4.60. The zero-order valence-corrected chi connectivity index (χ0v) is 15.2. The first-order chi connectivity index (χ1) is 9.26. The molecule has 1 atom stereocenters. The smallest absolute Gasteiger partial charge is 0.191 e. The van der Waals surface area contributed by atoms with Crippen molar-refractivity contribution in [1.82, 2.24) is 15.5 Å². The summed E-state index contributed by atoms with van der Waals surface area (Å²) in [5.41, 5.74) is 0. The molecule has 0 amide bonds. The van der Waals surface area contributed by atoms with Gasteiger partial charge in [-0.15, -0.1) is 24.0 Å². The average Bonchev–Trinajstić information content (AvgIpc) is 2.41. The predicted molar refractivity (Wildman–Crippen MR) is 93.1 cm³/mol. The van der Waals surface area contributed by atoms with Gasteiger partial charge in [-0.05, 0) is 20.9 Å². The lowest BCUT2D eigenvalue weighted by Gasteiger charge is -2.29. The molecule has 0 aromatic carbocycles. The summed E-state index contributed by atoms with van der Waals surface area (Å²) in [6, 6.07) is 0. The summed E-state index contributed by atoms with van der Waals surface area (Å²) in [5.74, 6) is 0.832. The molecule has 1 unspecified atom stereocenters. The van der Waals surface area contributed by atoms with Crippen LogP contribution in [0, 0.1) is 0 Å². The van der Waals surface area contributed by atoms with E-state index in [1.165, 1.54) is 0 Å². The summed E-state index contributed by atoms with van der Waals surface area (Å²) in [7, 11) is 2.12. The third-order valence-electron chi connectivity index (χ3n) is 2.88. The van der Waals surface area contributed by atoms with E-state index in [9.17, 15) is 0 Å². The molecule has 0 aromatic heterocycles. The fourth-order valence-electron chi connectivity index (χ4n) is 1.90. The molecule has 0 bridgehead atoms. The first kappa shape index (κ1) is 19.9. The van der Waals surface area contributed by atoms with Crippen LogP contribution in [0.5, 0.6) is 0 Å². The van der Waals surface area contributed by atoms with E-state index < -0.39 is 0 Å². The van der Waals surface area contributed by atoms with Crippen LogP contribution in [-0.2, 0) is 9.47 Å². The van der Waals surface area contributed by atoms with Crippen molar-refractivity contribution in [2.24, 2.45) is 4.99 Å². The molecule has 1 heterocycles. The Balaban J connectivity index is 0.00000361. The number of guanidine groups is 1. The monoisotopic (exact) mass is 400 g/mol. The fraction of sp³-hybridized carbons (Fsp3) is 0.923. The van der Waals surface area contributed by atoms with Crippen molar-refractivity contribution >= 4 is 29.9 Å². The van der Waals surface area contributed by atoms with E-state index >= 15 is 0 Å². The number of halogens is 1. The van der Waals surface area contributed by atoms with E-state index in [2.05, 4.69) is 34.5 Å². The van der Waals surface area contributed by atoms with E-state index in [0.29, 0.717) is 13.2 Å². The number of likely N-dealkylation sites (N-methyl/N-ethyl adjacent to an activating group) is 1. The minimum absolute atomic E-state index is 0. The Morgan fingerprint density at radius 3 is 2.85 bits per heavy atom. The third-order valence-corrected chi connectivity index (χ3v) is 2.88. The number of hydrogen-bond acceptors (Lipinski definition) is 4. The maximum atomic E-state index is 5.69. The third kappa shape index (κ3) is 8.93. The molecule has 0 radical (unpaired) electrons. The minimum atomic E-state index is 0. The highest BCUT2D eigenvalue weighted by molar-refractivity contribution is 14.0. The quantitative estimate of drug-likeness (QED) is 0.283. The first-order valence-electron chi connectivity index (χ1n) is 7.16. The summed E-state index contributed by atoms with van der Waals surface area (Å²) in [4.78, 5) is 6.83. The molecule has 7 heteroatoms. The Labute approximate surface area is 139 Å². The van der Waals surface area contributed by atoms with Gasteiger partial charge >= 0.3 is 0 Å². The van der Waals surface area contributed by atoms with Gasteiger partial charge in [0.2, 0.25) is 0 Å². The van der Waals surface area contributed by atoms with Gasteiger partial charge in [-0.25, -0.2) is 0 Å². The first-order valence-corrected chi connectivity index (χ1v) is 7.16. The summed E-state index contributed by atoms with van der Waals surface area (Å²) in [5, 5.41) is 6.48. The Hall–Kier alpha value is -0.120. The van der Waals surface area contributed by atoms with E-state index in [1.807, 2.05) is 6.92 Å². The van der Waals surface area contributed by atoms with Gasteiger partial charge in [-0.1, -0.05) is 0 Å². The summed E-state index contributed by atoms with van der Waals surface area (Å²) in [6.45, 7) is 10.6. The summed E-state index contributed by atoms with van der Waals surface area (Å²) < 4.78 is 11.0. The molecule has 120 valence electrons. The van der Waals surface area contributed by atoms with Crippen molar-refractivity contribution in [2.75, 3.05) is 59.6 Å². The molecule has 1 aliphatic rings. The maximum Gasteiger partial charge on any atom is 0.191 e. The summed E-state index contributed by atoms with van der Waals surface area (Å²) in [6.07, 6.45) is 0.195. The van der Waals surface area contributed by atoms with Crippen LogP contribution in [0.4, 0.5) is 0 Å². The molecule has 1 rings (SSSR count). The van der Waals surface area contributed by atoms with Crippen molar-refractivity contribution in [3.63, 3.8) is 0 Å². The van der Waals surface area contributed by atoms with Crippen LogP contribution in [0.2, 0.25) is 0 Å². The zero-order valence-electron chi connectivity index (χ0n) is 12.9. The highest BCUT2D eigenvalue weighted by atomic mass is 127. The SMILES string of the molecule is CCNC(=NCC1CN(C)CCO1)NCCOCC.I. The van der Waals surface area contributed by atoms with Crippen molar-refractivity contribution in [1.29, 1.82) is 0 Å². The minimum Gasteiger partial charge on any atom is -0.380 e. The molecule has 0 spiro atoms. The maximum absolute atomic E-state index is 5.69. The van der Waals surface area contributed by atoms with Gasteiger partial charge in [-0.3, -0.25) is 4.99 Å². The molecule has 0 aliphatic carbocycles. The molecule has 1 fully saturated rings. The molecule has 0 aromatic rings. The van der Waals surface area contributed by atoms with E-state index in [0.717, 1.165) is 45.4 Å². The van der Waals surface area contributed by atoms with Gasteiger partial charge in [0.15, 0.2) is 5.96 Å². The molecular formula is C13H29IN4O2. The van der Waals surface area contributed by atoms with Gasteiger partial charge < -0.3 is 25.0 Å². The van der Waals surface area contributed by atoms with E-state index in [-0.39, 0.29) is 30.1 Å². The fourth-order valence-corrected chi connectivity index (χ4v) is 1.90. The highest BCUT2D eigenvalue weighted by Gasteiger charge is 2.17. The Morgan fingerprint density at radius 1 is 1.40 bits per heavy atom. The number of morpholine rings is 1. The van der Waals surface area contributed by atoms with Gasteiger partial charge in [0.1, 0.15) is 0 Å². The standard InChI is InChI=1S/C13H28N4O2.HI/c1-4-14-13(15-6-8-18-5-2)16-10-12-11-17(3)7-9-19-12;/h12H,4-11H2,1-3H3,(H2,14,15,16);1H. The van der Waals surface area contributed by atoms with Crippen LogP contribution >= 0.6 is 24.0 Å². The average molecular weight is 400 g/mol. The van der Waals surface area contributed by atoms with Crippen LogP contribution in [0.3, 0.4) is 0 Å². The van der Waals surface area contributed by atoms with Crippen LogP contribution in [0.15, 0.2) is 4.99 Å². The molecule has 2 N–H and O–H groups in total. The van der Waals surface area contributed by atoms with E-state index in [4.69, 9.17) is 9.47 Å². The molecule has 20 heavy (non-hydrogen) atoms. The summed E-state index contributed by atoms with van der Waals surface area (Å²) >= 11 is 0. The molecule has 0 saturated carbocycles. The number of rotatable bonds is 7. The Morgan fingerprint density at radius 2 is 2.20 bits per heavy atom. The number of ether oxygens (including phenoxy) is 2. The van der Waals surface area contributed by atoms with Gasteiger partial charge in [0.25, 0.3) is 0 Å². The number of aliphatic imine (C=N–C) groups is 1. The lowest BCUT2D eigenvalue weighted by Crippen LogP contribution is -2.43. The lowest BCUT2D eigenvalue weighted by atomic mass is 10.3. The van der Waals surface area contributed by atoms with Crippen molar-refractivity contribution in [3.05, 3.63) is 0 Å². The van der Waals surface area contributed by atoms with Crippen molar-refractivity contribution in [3.8, 4) is 0 Å². The molecule has 1 aliphatic heterocycles. The van der Waals surface area contributed by atoms with Crippen LogP contribution in [0.1, 0.15) is 13.8 Å². The van der Waals surface area contributed by atoms with Crippen LogP contribution in [-0.4, -0.2) is 76.6 Å². The lowest BCUT2D eigenvalue weighted by molar-refractivity contribution is -0.0136. The zero-order chi connectivity index (χ0) is 13.9. The normalized spacial score (nSPS) is 20.4. The van der Waals surface area contributed by atoms with Gasteiger partial charge in [-0.2, -0.15) is 0 Å². The van der Waals surface area contributed by atoms with Crippen molar-refractivity contribution < 1.29 is 9.47 Å². The predicted octanol–water partition coefficient (Wildman–Crippen LogP) is 0.527. The van der Waals surface area contributed by atoms with E-state index in [1.54, 1.807) is 0 Å². The number of nitrogens with zero attached hydrogens (tertiary/aromatic N) is 2. The highest BCUT2D eigenvalue weighted by Crippen LogP contribution is 2.02. The largest absolute Gasteiger partial charge is 0.380 e. The molecular weight excluding hydrogens is 371 g/mol. The Kier molecular flexibility index (Phi) is 12.5.